The van der Waals surface area contributed by atoms with Crippen molar-refractivity contribution >= 4 is 28.7 Å². The molecule has 1 aromatic carbocycles. The van der Waals surface area contributed by atoms with Gasteiger partial charge in [-0.25, -0.2) is 9.59 Å². The molecule has 2 bridgehead atoms. The number of hydrogen-bond acceptors (Lipinski definition) is 7. The quantitative estimate of drug-likeness (QED) is 0.429. The van der Waals surface area contributed by atoms with E-state index in [0.29, 0.717) is 18.2 Å². The summed E-state index contributed by atoms with van der Waals surface area (Å²) in [5.74, 6) is -0.864. The van der Waals surface area contributed by atoms with Gasteiger partial charge in [0.15, 0.2) is 0 Å². The predicted molar refractivity (Wildman–Crippen MR) is 107 cm³/mol. The van der Waals surface area contributed by atoms with Crippen molar-refractivity contribution in [3.63, 3.8) is 0 Å². The Hall–Kier alpha value is -2.96. The first-order chi connectivity index (χ1) is 14.1. The lowest BCUT2D eigenvalue weighted by Gasteiger charge is -2.37. The van der Waals surface area contributed by atoms with Crippen molar-refractivity contribution in [1.29, 1.82) is 0 Å². The molecule has 0 radical (unpaired) electrons. The third-order valence-electron chi connectivity index (χ3n) is 7.51. The van der Waals surface area contributed by atoms with Crippen molar-refractivity contribution in [1.82, 2.24) is 0 Å². The zero-order valence-electron chi connectivity index (χ0n) is 17.5. The molecule has 4 rings (SSSR count). The first-order valence-corrected chi connectivity index (χ1v) is 10.1. The lowest BCUT2D eigenvalue weighted by atomic mass is 9.65. The minimum Gasteiger partial charge on any atom is -0.462 e. The summed E-state index contributed by atoms with van der Waals surface area (Å²) in [5, 5.41) is 0.500. The number of benzene rings is 1. The van der Waals surface area contributed by atoms with Gasteiger partial charge in [0.05, 0.1) is 12.0 Å². The number of fused-ring (bicyclic) bond motifs is 3. The Bertz CT molecular complexity index is 1140. The fourth-order valence-electron chi connectivity index (χ4n) is 5.02. The zero-order chi connectivity index (χ0) is 21.9. The molecule has 2 saturated carbocycles. The smallest absolute Gasteiger partial charge is 0.351 e. The molecule has 2 unspecified atom stereocenters. The standard InChI is InChI=1S/C23H24O7/c1-5-28-18(25)15-10-13-6-7-14(11-16(13)30-19(15)26)29-20(27)23-9-8-22(4,17(24)12-23)21(23,2)3/h6-7,10-11H,5,8-9,12H2,1-4H3. The summed E-state index contributed by atoms with van der Waals surface area (Å²) in [4.78, 5) is 49.8. The van der Waals surface area contributed by atoms with Crippen LogP contribution in [0.1, 0.15) is 57.3 Å². The van der Waals surface area contributed by atoms with Gasteiger partial charge < -0.3 is 13.9 Å². The lowest BCUT2D eigenvalue weighted by molar-refractivity contribution is -0.151. The van der Waals surface area contributed by atoms with E-state index in [9.17, 15) is 19.2 Å². The Morgan fingerprint density at radius 3 is 2.43 bits per heavy atom. The molecule has 30 heavy (non-hydrogen) atoms. The molecule has 0 amide bonds. The minimum absolute atomic E-state index is 0.103. The molecule has 2 aromatic rings. The Balaban J connectivity index is 1.64. The zero-order valence-corrected chi connectivity index (χ0v) is 17.5. The average molecular weight is 412 g/mol. The van der Waals surface area contributed by atoms with Gasteiger partial charge in [-0.3, -0.25) is 9.59 Å². The second kappa shape index (κ2) is 6.52. The van der Waals surface area contributed by atoms with Gasteiger partial charge in [-0.15, -0.1) is 0 Å². The highest BCUT2D eigenvalue weighted by Gasteiger charge is 2.73. The molecule has 1 aromatic heterocycles. The van der Waals surface area contributed by atoms with Gasteiger partial charge in [0, 0.05) is 23.3 Å². The summed E-state index contributed by atoms with van der Waals surface area (Å²) < 4.78 is 15.8. The van der Waals surface area contributed by atoms with E-state index in [2.05, 4.69) is 0 Å². The molecule has 7 heteroatoms. The molecule has 0 saturated heterocycles. The fraction of sp³-hybridized carbons (Fsp3) is 0.478. The summed E-state index contributed by atoms with van der Waals surface area (Å²) in [7, 11) is 0. The van der Waals surface area contributed by atoms with Gasteiger partial charge in [0.1, 0.15) is 22.7 Å². The van der Waals surface area contributed by atoms with Crippen LogP contribution in [-0.2, 0) is 14.3 Å². The van der Waals surface area contributed by atoms with Crippen LogP contribution in [0.5, 0.6) is 5.75 Å². The van der Waals surface area contributed by atoms with Crippen LogP contribution in [0.2, 0.25) is 0 Å². The van der Waals surface area contributed by atoms with Gasteiger partial charge in [-0.05, 0) is 43.4 Å². The maximum atomic E-state index is 13.2. The molecular weight excluding hydrogens is 388 g/mol. The first kappa shape index (κ1) is 20.3. The van der Waals surface area contributed by atoms with Crippen LogP contribution in [0, 0.1) is 16.2 Å². The molecule has 2 aliphatic carbocycles. The van der Waals surface area contributed by atoms with Gasteiger partial charge >= 0.3 is 17.6 Å². The van der Waals surface area contributed by atoms with E-state index in [4.69, 9.17) is 13.9 Å². The first-order valence-electron chi connectivity index (χ1n) is 10.1. The van der Waals surface area contributed by atoms with Crippen molar-refractivity contribution in [2.24, 2.45) is 16.2 Å². The molecular formula is C23H24O7. The number of carbonyl (C=O) groups excluding carboxylic acids is 3. The highest BCUT2D eigenvalue weighted by atomic mass is 16.5. The molecule has 2 atom stereocenters. The third-order valence-corrected chi connectivity index (χ3v) is 7.51. The molecule has 0 aliphatic heterocycles. The lowest BCUT2D eigenvalue weighted by Crippen LogP contribution is -2.42. The molecule has 158 valence electrons. The molecule has 2 aliphatic rings. The van der Waals surface area contributed by atoms with E-state index in [0.717, 1.165) is 0 Å². The second-order valence-electron chi connectivity index (χ2n) is 8.90. The number of hydrogen-bond donors (Lipinski definition) is 0. The van der Waals surface area contributed by atoms with Gasteiger partial charge in [0.2, 0.25) is 0 Å². The summed E-state index contributed by atoms with van der Waals surface area (Å²) >= 11 is 0. The highest BCUT2D eigenvalue weighted by molar-refractivity contribution is 5.98. The van der Waals surface area contributed by atoms with Crippen LogP contribution in [-0.4, -0.2) is 24.3 Å². The topological polar surface area (TPSA) is 99.9 Å². The van der Waals surface area contributed by atoms with E-state index in [1.54, 1.807) is 19.1 Å². The van der Waals surface area contributed by atoms with E-state index in [1.807, 2.05) is 20.8 Å². The monoisotopic (exact) mass is 412 g/mol. The van der Waals surface area contributed by atoms with Crippen molar-refractivity contribution in [2.45, 2.75) is 47.0 Å². The third kappa shape index (κ3) is 2.57. The summed E-state index contributed by atoms with van der Waals surface area (Å²) in [6.07, 6.45) is 1.45. The second-order valence-corrected chi connectivity index (χ2v) is 8.90. The van der Waals surface area contributed by atoms with E-state index in [1.165, 1.54) is 12.1 Å². The normalized spacial score (nSPS) is 26.7. The van der Waals surface area contributed by atoms with E-state index >= 15 is 0 Å². The fourth-order valence-corrected chi connectivity index (χ4v) is 5.02. The molecule has 0 N–H and O–H groups in total. The number of esters is 2. The maximum Gasteiger partial charge on any atom is 0.351 e. The number of Topliss-reactive ketones (excluding diaryl/α,β-unsaturated/α-hetero) is 1. The van der Waals surface area contributed by atoms with Crippen molar-refractivity contribution in [3.8, 4) is 5.75 Å². The highest BCUT2D eigenvalue weighted by Crippen LogP contribution is 2.70. The van der Waals surface area contributed by atoms with E-state index in [-0.39, 0.29) is 35.7 Å². The van der Waals surface area contributed by atoms with Crippen LogP contribution >= 0.6 is 0 Å². The minimum atomic E-state index is -0.859. The van der Waals surface area contributed by atoms with Gasteiger partial charge in [0.25, 0.3) is 0 Å². The maximum absolute atomic E-state index is 13.2. The number of ether oxygens (including phenoxy) is 2. The van der Waals surface area contributed by atoms with E-state index < -0.39 is 33.8 Å². The van der Waals surface area contributed by atoms with Gasteiger partial charge in [-0.1, -0.05) is 20.8 Å². The van der Waals surface area contributed by atoms with Crippen LogP contribution in [0.15, 0.2) is 33.5 Å². The largest absolute Gasteiger partial charge is 0.462 e. The van der Waals surface area contributed by atoms with Crippen molar-refractivity contribution in [3.05, 3.63) is 40.2 Å². The Morgan fingerprint density at radius 2 is 1.83 bits per heavy atom. The van der Waals surface area contributed by atoms with Gasteiger partial charge in [-0.2, -0.15) is 0 Å². The summed E-state index contributed by atoms with van der Waals surface area (Å²) in [6.45, 7) is 7.64. The van der Waals surface area contributed by atoms with Crippen molar-refractivity contribution in [2.75, 3.05) is 6.61 Å². The molecule has 0 spiro atoms. The molecule has 1 heterocycles. The van der Waals surface area contributed by atoms with Crippen molar-refractivity contribution < 1.29 is 28.3 Å². The summed E-state index contributed by atoms with van der Waals surface area (Å²) in [6, 6.07) is 6.01. The number of rotatable bonds is 4. The Kier molecular flexibility index (Phi) is 4.42. The summed E-state index contributed by atoms with van der Waals surface area (Å²) in [5.41, 5.74) is -2.71. The average Bonchev–Trinajstić information content (AvgIpc) is 2.98. The SMILES string of the molecule is CCOC(=O)c1cc2ccc(OC(=O)C34CCC(C)(C(=O)C3)C4(C)C)cc2oc1=O. The Morgan fingerprint density at radius 1 is 1.10 bits per heavy atom. The number of carbonyl (C=O) groups is 3. The van der Waals surface area contributed by atoms with Crippen LogP contribution in [0.3, 0.4) is 0 Å². The van der Waals surface area contributed by atoms with Crippen LogP contribution in [0.4, 0.5) is 0 Å². The number of ketones is 1. The molecule has 7 nitrogen and oxygen atoms in total. The predicted octanol–water partition coefficient (Wildman–Crippen LogP) is 3.66. The Labute approximate surface area is 173 Å². The molecule has 2 fully saturated rings. The van der Waals surface area contributed by atoms with Crippen LogP contribution < -0.4 is 10.4 Å². The van der Waals surface area contributed by atoms with Crippen LogP contribution in [0.25, 0.3) is 11.0 Å².